The fraction of sp³-hybridized carbons (Fsp3) is 0.619. The van der Waals surface area contributed by atoms with Crippen molar-refractivity contribution in [2.45, 2.75) is 60.5 Å². The van der Waals surface area contributed by atoms with Gasteiger partial charge in [0, 0.05) is 6.54 Å². The molecule has 0 saturated heterocycles. The summed E-state index contributed by atoms with van der Waals surface area (Å²) in [6, 6.07) is 4.75. The van der Waals surface area contributed by atoms with E-state index in [2.05, 4.69) is 5.32 Å². The number of hydrogen-bond donors (Lipinski definition) is 2. The zero-order valence-electron chi connectivity index (χ0n) is 17.5. The molecule has 0 saturated carbocycles. The summed E-state index contributed by atoms with van der Waals surface area (Å²) in [6.45, 7) is 12.0. The molecule has 0 bridgehead atoms. The Hall–Kier alpha value is -1.92. The van der Waals surface area contributed by atoms with Gasteiger partial charge >= 0.3 is 11.9 Å². The van der Waals surface area contributed by atoms with E-state index in [-0.39, 0.29) is 35.2 Å². The lowest BCUT2D eigenvalue weighted by Crippen LogP contribution is -2.21. The first-order chi connectivity index (χ1) is 12.3. The molecule has 1 atom stereocenters. The standard InChI is InChI=1S/C21H33NO5/c1-20(2,3)11-18(24)26-16-9-8-14(15(23)13-22-7)10-17(16)27-19(25)12-21(4,5)6/h8-10,15,22-23H,11-13H2,1-7H3. The first-order valence-corrected chi connectivity index (χ1v) is 9.19. The van der Waals surface area contributed by atoms with E-state index in [0.717, 1.165) is 0 Å². The largest absolute Gasteiger partial charge is 0.423 e. The van der Waals surface area contributed by atoms with Gasteiger partial charge in [0.25, 0.3) is 0 Å². The Bertz CT molecular complexity index is 656. The highest BCUT2D eigenvalue weighted by Gasteiger charge is 2.23. The molecule has 0 aliphatic carbocycles. The van der Waals surface area contributed by atoms with Crippen LogP contribution in [0.5, 0.6) is 11.5 Å². The second kappa shape index (κ2) is 9.33. The zero-order valence-corrected chi connectivity index (χ0v) is 17.5. The fourth-order valence-corrected chi connectivity index (χ4v) is 2.39. The molecule has 0 fully saturated rings. The van der Waals surface area contributed by atoms with E-state index in [1.54, 1.807) is 25.2 Å². The van der Waals surface area contributed by atoms with Crippen LogP contribution in [-0.4, -0.2) is 30.6 Å². The third-order valence-corrected chi connectivity index (χ3v) is 3.55. The number of carbonyl (C=O) groups excluding carboxylic acids is 2. The molecule has 0 amide bonds. The monoisotopic (exact) mass is 379 g/mol. The molecule has 0 aliphatic rings. The van der Waals surface area contributed by atoms with Crippen LogP contribution in [0.15, 0.2) is 18.2 Å². The number of esters is 2. The van der Waals surface area contributed by atoms with E-state index < -0.39 is 18.0 Å². The molecule has 0 aliphatic heterocycles. The second-order valence-corrected chi connectivity index (χ2v) is 9.20. The molecule has 1 unspecified atom stereocenters. The predicted molar refractivity (Wildman–Crippen MR) is 105 cm³/mol. The molecule has 1 aromatic rings. The van der Waals surface area contributed by atoms with Gasteiger partial charge in [-0.05, 0) is 35.6 Å². The van der Waals surface area contributed by atoms with Crippen LogP contribution in [0.1, 0.15) is 66.1 Å². The number of carbonyl (C=O) groups is 2. The molecule has 0 heterocycles. The second-order valence-electron chi connectivity index (χ2n) is 9.20. The highest BCUT2D eigenvalue weighted by Crippen LogP contribution is 2.33. The Morgan fingerprint density at radius 3 is 1.89 bits per heavy atom. The minimum atomic E-state index is -0.769. The molecule has 1 aromatic carbocycles. The minimum Gasteiger partial charge on any atom is -0.423 e. The molecule has 152 valence electrons. The Morgan fingerprint density at radius 1 is 0.963 bits per heavy atom. The number of hydrogen-bond acceptors (Lipinski definition) is 6. The summed E-state index contributed by atoms with van der Waals surface area (Å²) in [7, 11) is 1.73. The van der Waals surface area contributed by atoms with E-state index in [0.29, 0.717) is 12.1 Å². The molecule has 0 spiro atoms. The van der Waals surface area contributed by atoms with Crippen molar-refractivity contribution in [2.24, 2.45) is 10.8 Å². The van der Waals surface area contributed by atoms with Crippen molar-refractivity contribution in [1.29, 1.82) is 0 Å². The van der Waals surface area contributed by atoms with Gasteiger partial charge in [0.1, 0.15) is 0 Å². The molecule has 0 aromatic heterocycles. The molecule has 0 radical (unpaired) electrons. The summed E-state index contributed by atoms with van der Waals surface area (Å²) in [5, 5.41) is 13.1. The van der Waals surface area contributed by atoms with E-state index in [1.165, 1.54) is 0 Å². The van der Waals surface area contributed by atoms with Gasteiger partial charge in [0.2, 0.25) is 0 Å². The molecule has 6 heteroatoms. The number of aliphatic hydroxyl groups excluding tert-OH is 1. The number of likely N-dealkylation sites (N-methyl/N-ethyl adjacent to an activating group) is 1. The molecule has 1 rings (SSSR count). The fourth-order valence-electron chi connectivity index (χ4n) is 2.39. The highest BCUT2D eigenvalue weighted by atomic mass is 16.6. The number of rotatable bonds is 7. The van der Waals surface area contributed by atoms with Crippen LogP contribution in [0.4, 0.5) is 0 Å². The van der Waals surface area contributed by atoms with Crippen LogP contribution in [0, 0.1) is 10.8 Å². The number of ether oxygens (including phenoxy) is 2. The number of aliphatic hydroxyl groups is 1. The van der Waals surface area contributed by atoms with E-state index in [1.807, 2.05) is 41.5 Å². The molecule has 6 nitrogen and oxygen atoms in total. The van der Waals surface area contributed by atoms with Gasteiger partial charge in [-0.3, -0.25) is 9.59 Å². The molecular weight excluding hydrogens is 346 g/mol. The Balaban J connectivity index is 3.09. The quantitative estimate of drug-likeness (QED) is 0.556. The smallest absolute Gasteiger partial charge is 0.311 e. The number of benzene rings is 1. The maximum Gasteiger partial charge on any atom is 0.311 e. The molecule has 27 heavy (non-hydrogen) atoms. The van der Waals surface area contributed by atoms with Crippen molar-refractivity contribution in [3.63, 3.8) is 0 Å². The Kier molecular flexibility index (Phi) is 7.99. The van der Waals surface area contributed by atoms with Gasteiger partial charge in [-0.25, -0.2) is 0 Å². The summed E-state index contributed by atoms with van der Waals surface area (Å²) in [5.74, 6) is -0.513. The van der Waals surface area contributed by atoms with Crippen LogP contribution >= 0.6 is 0 Å². The minimum absolute atomic E-state index is 0.138. The topological polar surface area (TPSA) is 84.9 Å². The molecule has 2 N–H and O–H groups in total. The van der Waals surface area contributed by atoms with Crippen molar-refractivity contribution in [1.82, 2.24) is 5.32 Å². The van der Waals surface area contributed by atoms with Gasteiger partial charge < -0.3 is 19.9 Å². The zero-order chi connectivity index (χ0) is 20.8. The van der Waals surface area contributed by atoms with Crippen molar-refractivity contribution in [2.75, 3.05) is 13.6 Å². The van der Waals surface area contributed by atoms with Crippen molar-refractivity contribution < 1.29 is 24.2 Å². The maximum absolute atomic E-state index is 12.3. The SMILES string of the molecule is CNCC(O)c1ccc(OC(=O)CC(C)(C)C)c(OC(=O)CC(C)(C)C)c1. The Labute approximate surface area is 162 Å². The third kappa shape index (κ3) is 9.02. The first-order valence-electron chi connectivity index (χ1n) is 9.19. The van der Waals surface area contributed by atoms with E-state index in [4.69, 9.17) is 9.47 Å². The first kappa shape index (κ1) is 23.1. The maximum atomic E-state index is 12.3. The summed E-state index contributed by atoms with van der Waals surface area (Å²) < 4.78 is 10.9. The highest BCUT2D eigenvalue weighted by molar-refractivity contribution is 5.77. The van der Waals surface area contributed by atoms with E-state index in [9.17, 15) is 14.7 Å². The number of nitrogens with one attached hydrogen (secondary N) is 1. The van der Waals surface area contributed by atoms with Gasteiger partial charge in [-0.1, -0.05) is 47.6 Å². The van der Waals surface area contributed by atoms with Gasteiger partial charge in [0.05, 0.1) is 18.9 Å². The molecular formula is C21H33NO5. The third-order valence-electron chi connectivity index (χ3n) is 3.55. The van der Waals surface area contributed by atoms with Crippen LogP contribution in [-0.2, 0) is 9.59 Å². The van der Waals surface area contributed by atoms with Crippen molar-refractivity contribution in [3.05, 3.63) is 23.8 Å². The summed E-state index contributed by atoms with van der Waals surface area (Å²) in [6.07, 6.45) is -0.326. The average Bonchev–Trinajstić information content (AvgIpc) is 2.45. The van der Waals surface area contributed by atoms with Crippen LogP contribution < -0.4 is 14.8 Å². The lowest BCUT2D eigenvalue weighted by atomic mass is 9.92. The summed E-state index contributed by atoms with van der Waals surface area (Å²) in [5.41, 5.74) is 0.116. The van der Waals surface area contributed by atoms with Crippen LogP contribution in [0.25, 0.3) is 0 Å². The summed E-state index contributed by atoms with van der Waals surface area (Å²) in [4.78, 5) is 24.5. The summed E-state index contributed by atoms with van der Waals surface area (Å²) >= 11 is 0. The van der Waals surface area contributed by atoms with Gasteiger partial charge in [-0.15, -0.1) is 0 Å². The van der Waals surface area contributed by atoms with Gasteiger partial charge in [0.15, 0.2) is 11.5 Å². The van der Waals surface area contributed by atoms with E-state index >= 15 is 0 Å². The normalized spacial score (nSPS) is 13.2. The lowest BCUT2D eigenvalue weighted by Gasteiger charge is -2.20. The van der Waals surface area contributed by atoms with Crippen LogP contribution in [0.2, 0.25) is 0 Å². The van der Waals surface area contributed by atoms with Crippen LogP contribution in [0.3, 0.4) is 0 Å². The van der Waals surface area contributed by atoms with Gasteiger partial charge in [-0.2, -0.15) is 0 Å². The lowest BCUT2D eigenvalue weighted by molar-refractivity contribution is -0.139. The van der Waals surface area contributed by atoms with Crippen molar-refractivity contribution >= 4 is 11.9 Å². The average molecular weight is 379 g/mol. The Morgan fingerprint density at radius 2 is 1.44 bits per heavy atom. The van der Waals surface area contributed by atoms with Crippen molar-refractivity contribution in [3.8, 4) is 11.5 Å². The predicted octanol–water partition coefficient (Wildman–Crippen LogP) is 3.62.